The molecule has 7 nitrogen and oxygen atoms in total. The summed E-state index contributed by atoms with van der Waals surface area (Å²) >= 11 is 0. The molecule has 1 amide bonds. The molecule has 2 heterocycles. The number of ether oxygens (including phenoxy) is 1. The summed E-state index contributed by atoms with van der Waals surface area (Å²) < 4.78 is 58.8. The van der Waals surface area contributed by atoms with Crippen LogP contribution in [-0.4, -0.2) is 41.9 Å². The molecule has 1 fully saturated rings. The van der Waals surface area contributed by atoms with Gasteiger partial charge in [0.1, 0.15) is 23.1 Å². The number of nitrogens with zero attached hydrogens (tertiary/aromatic N) is 3. The molecule has 1 saturated carbocycles. The van der Waals surface area contributed by atoms with E-state index in [1.807, 2.05) is 0 Å². The van der Waals surface area contributed by atoms with E-state index in [0.29, 0.717) is 29.5 Å². The van der Waals surface area contributed by atoms with Crippen molar-refractivity contribution in [1.29, 1.82) is 0 Å². The topological polar surface area (TPSA) is 81.5 Å². The highest BCUT2D eigenvalue weighted by Crippen LogP contribution is 2.33. The maximum atomic E-state index is 14.1. The summed E-state index contributed by atoms with van der Waals surface area (Å²) in [5.41, 5.74) is 1.42. The number of benzene rings is 2. The molecule has 172 valence electrons. The number of amides is 1. The number of fused-ring (bicyclic) bond motifs is 1. The van der Waals surface area contributed by atoms with Crippen molar-refractivity contribution >= 4 is 15.7 Å². The fourth-order valence-electron chi connectivity index (χ4n) is 3.78. The Morgan fingerprint density at radius 3 is 2.64 bits per heavy atom. The second-order valence-electron chi connectivity index (χ2n) is 8.49. The normalized spacial score (nSPS) is 15.5. The van der Waals surface area contributed by atoms with Gasteiger partial charge in [-0.15, -0.1) is 0 Å². The summed E-state index contributed by atoms with van der Waals surface area (Å²) in [6, 6.07) is 7.42. The summed E-state index contributed by atoms with van der Waals surface area (Å²) in [7, 11) is -3.51. The Hall–Kier alpha value is -3.27. The summed E-state index contributed by atoms with van der Waals surface area (Å²) in [5, 5.41) is 4.33. The predicted octanol–water partition coefficient (Wildman–Crippen LogP) is 3.50. The third-order valence-corrected chi connectivity index (χ3v) is 6.91. The zero-order valence-electron chi connectivity index (χ0n) is 17.8. The SMILES string of the molecule is CS(=O)(=O)c1ccc(OCC2CC2)c(C(=O)N2Cc3cn(-c4cc(F)ccc4F)nc3C2)c1. The number of aromatic nitrogens is 2. The highest BCUT2D eigenvalue weighted by molar-refractivity contribution is 7.90. The van der Waals surface area contributed by atoms with Crippen molar-refractivity contribution in [2.24, 2.45) is 5.92 Å². The van der Waals surface area contributed by atoms with Gasteiger partial charge in [-0.25, -0.2) is 21.9 Å². The summed E-state index contributed by atoms with van der Waals surface area (Å²) in [6.07, 6.45) is 4.81. The zero-order chi connectivity index (χ0) is 23.3. The summed E-state index contributed by atoms with van der Waals surface area (Å²) in [5.74, 6) is -0.769. The molecule has 1 aliphatic heterocycles. The molecule has 3 aromatic rings. The summed E-state index contributed by atoms with van der Waals surface area (Å²) in [4.78, 5) is 14.9. The van der Waals surface area contributed by atoms with Gasteiger partial charge < -0.3 is 9.64 Å². The maximum Gasteiger partial charge on any atom is 0.258 e. The van der Waals surface area contributed by atoms with E-state index in [-0.39, 0.29) is 35.1 Å². The lowest BCUT2D eigenvalue weighted by molar-refractivity contribution is 0.0744. The van der Waals surface area contributed by atoms with Gasteiger partial charge in [-0.05, 0) is 49.1 Å². The first-order valence-corrected chi connectivity index (χ1v) is 12.4. The monoisotopic (exact) mass is 473 g/mol. The number of hydrogen-bond acceptors (Lipinski definition) is 5. The van der Waals surface area contributed by atoms with E-state index in [2.05, 4.69) is 5.10 Å². The minimum Gasteiger partial charge on any atom is -0.492 e. The van der Waals surface area contributed by atoms with Crippen molar-refractivity contribution in [1.82, 2.24) is 14.7 Å². The molecule has 0 spiro atoms. The molecule has 0 bridgehead atoms. The van der Waals surface area contributed by atoms with Crippen LogP contribution >= 0.6 is 0 Å². The number of sulfone groups is 1. The van der Waals surface area contributed by atoms with Gasteiger partial charge in [0.05, 0.1) is 29.3 Å². The van der Waals surface area contributed by atoms with Crippen LogP contribution in [0, 0.1) is 17.6 Å². The molecule has 1 aromatic heterocycles. The molecular weight excluding hydrogens is 452 g/mol. The lowest BCUT2D eigenvalue weighted by Crippen LogP contribution is -2.27. The van der Waals surface area contributed by atoms with Crippen LogP contribution in [0.3, 0.4) is 0 Å². The second kappa shape index (κ2) is 7.95. The van der Waals surface area contributed by atoms with Crippen LogP contribution in [0.15, 0.2) is 47.5 Å². The van der Waals surface area contributed by atoms with Crippen molar-refractivity contribution in [3.05, 3.63) is 71.1 Å². The molecule has 0 saturated heterocycles. The lowest BCUT2D eigenvalue weighted by Gasteiger charge is -2.19. The van der Waals surface area contributed by atoms with Crippen LogP contribution in [0.5, 0.6) is 5.75 Å². The van der Waals surface area contributed by atoms with Gasteiger partial charge in [0.2, 0.25) is 0 Å². The van der Waals surface area contributed by atoms with Crippen LogP contribution < -0.4 is 4.74 Å². The third kappa shape index (κ3) is 4.35. The van der Waals surface area contributed by atoms with E-state index in [9.17, 15) is 22.0 Å². The van der Waals surface area contributed by atoms with Crippen molar-refractivity contribution < 1.29 is 26.7 Å². The fourth-order valence-corrected chi connectivity index (χ4v) is 4.42. The Morgan fingerprint density at radius 1 is 1.15 bits per heavy atom. The van der Waals surface area contributed by atoms with E-state index < -0.39 is 21.5 Å². The maximum absolute atomic E-state index is 14.1. The van der Waals surface area contributed by atoms with Gasteiger partial charge in [0, 0.05) is 30.6 Å². The number of carbonyl (C=O) groups excluding carboxylic acids is 1. The number of carbonyl (C=O) groups is 1. The van der Waals surface area contributed by atoms with E-state index in [0.717, 1.165) is 37.3 Å². The quantitative estimate of drug-likeness (QED) is 0.548. The molecule has 2 aromatic carbocycles. The fraction of sp³-hybridized carbons (Fsp3) is 0.304. The molecule has 1 aliphatic carbocycles. The Kier molecular flexibility index (Phi) is 5.19. The van der Waals surface area contributed by atoms with Crippen LogP contribution in [0.25, 0.3) is 5.69 Å². The van der Waals surface area contributed by atoms with Crippen LogP contribution in [0.2, 0.25) is 0 Å². The largest absolute Gasteiger partial charge is 0.492 e. The van der Waals surface area contributed by atoms with Crippen molar-refractivity contribution in [2.45, 2.75) is 30.8 Å². The number of halogens is 2. The minimum absolute atomic E-state index is 0.0149. The Labute approximate surface area is 189 Å². The van der Waals surface area contributed by atoms with Crippen molar-refractivity contribution in [2.75, 3.05) is 12.9 Å². The van der Waals surface area contributed by atoms with Crippen LogP contribution in [0.4, 0.5) is 8.78 Å². The summed E-state index contributed by atoms with van der Waals surface area (Å²) in [6.45, 7) is 0.837. The van der Waals surface area contributed by atoms with E-state index >= 15 is 0 Å². The van der Waals surface area contributed by atoms with Crippen molar-refractivity contribution in [3.8, 4) is 11.4 Å². The first-order valence-electron chi connectivity index (χ1n) is 10.5. The van der Waals surface area contributed by atoms with E-state index in [1.165, 1.54) is 27.8 Å². The van der Waals surface area contributed by atoms with Gasteiger partial charge in [0.15, 0.2) is 9.84 Å². The second-order valence-corrected chi connectivity index (χ2v) is 10.5. The number of rotatable bonds is 6. The van der Waals surface area contributed by atoms with Crippen LogP contribution in [0.1, 0.15) is 34.5 Å². The first-order chi connectivity index (χ1) is 15.7. The average molecular weight is 474 g/mol. The molecule has 5 rings (SSSR count). The van der Waals surface area contributed by atoms with E-state index in [4.69, 9.17) is 4.74 Å². The predicted molar refractivity (Wildman–Crippen MR) is 115 cm³/mol. The highest BCUT2D eigenvalue weighted by atomic mass is 32.2. The van der Waals surface area contributed by atoms with Gasteiger partial charge in [-0.1, -0.05) is 0 Å². The smallest absolute Gasteiger partial charge is 0.258 e. The Balaban J connectivity index is 1.40. The molecular formula is C23H21F2N3O4S. The average Bonchev–Trinajstić information content (AvgIpc) is 3.39. The zero-order valence-corrected chi connectivity index (χ0v) is 18.6. The van der Waals surface area contributed by atoms with Gasteiger partial charge in [-0.2, -0.15) is 5.10 Å². The molecule has 0 atom stereocenters. The third-order valence-electron chi connectivity index (χ3n) is 5.80. The number of hydrogen-bond donors (Lipinski definition) is 0. The Bertz CT molecular complexity index is 1340. The minimum atomic E-state index is -3.51. The molecule has 33 heavy (non-hydrogen) atoms. The molecule has 2 aliphatic rings. The van der Waals surface area contributed by atoms with Crippen LogP contribution in [-0.2, 0) is 22.9 Å². The molecule has 10 heteroatoms. The van der Waals surface area contributed by atoms with E-state index in [1.54, 1.807) is 6.20 Å². The van der Waals surface area contributed by atoms with Gasteiger partial charge in [-0.3, -0.25) is 4.79 Å². The van der Waals surface area contributed by atoms with Crippen molar-refractivity contribution in [3.63, 3.8) is 0 Å². The van der Waals surface area contributed by atoms with Gasteiger partial charge >= 0.3 is 0 Å². The molecule has 0 N–H and O–H groups in total. The standard InChI is InChI=1S/C23H21F2N3O4S/c1-33(30,31)17-5-7-22(32-13-14-2-3-14)18(9-17)23(29)27-10-15-11-28(26-20(15)12-27)21-8-16(24)4-6-19(21)25/h4-9,11,14H,2-3,10,12-13H2,1H3. The highest BCUT2D eigenvalue weighted by Gasteiger charge is 2.31. The first kappa shape index (κ1) is 21.6. The molecule has 0 radical (unpaired) electrons. The molecule has 0 unspecified atom stereocenters. The lowest BCUT2D eigenvalue weighted by atomic mass is 10.1. The van der Waals surface area contributed by atoms with Gasteiger partial charge in [0.25, 0.3) is 5.91 Å². The Morgan fingerprint density at radius 2 is 1.94 bits per heavy atom.